The number of H-pyrrole nitrogens is 1. The number of para-hydroxylation sites is 1. The van der Waals surface area contributed by atoms with E-state index in [9.17, 15) is 9.59 Å². The number of hydrogen-bond donors (Lipinski definition) is 1. The van der Waals surface area contributed by atoms with Gasteiger partial charge in [-0.1, -0.05) is 61.5 Å². The third-order valence-electron chi connectivity index (χ3n) is 6.98. The Hall–Kier alpha value is -4.46. The lowest BCUT2D eigenvalue weighted by Crippen LogP contribution is -2.52. The van der Waals surface area contributed by atoms with E-state index < -0.39 is 24.1 Å². The van der Waals surface area contributed by atoms with E-state index in [1.54, 1.807) is 0 Å². The molecule has 0 fully saturated rings. The molecule has 38 heavy (non-hydrogen) atoms. The Balaban J connectivity index is 1.46. The van der Waals surface area contributed by atoms with Crippen LogP contribution >= 0.6 is 0 Å². The molecule has 1 amide bonds. The summed E-state index contributed by atoms with van der Waals surface area (Å²) in [7, 11) is 0. The maximum atomic E-state index is 13.8. The van der Waals surface area contributed by atoms with Crippen LogP contribution in [0.15, 0.2) is 72.8 Å². The number of carbonyl (C=O) groups is 2. The molecule has 1 N–H and O–H groups in total. The van der Waals surface area contributed by atoms with Crippen molar-refractivity contribution in [1.82, 2.24) is 9.88 Å². The van der Waals surface area contributed by atoms with E-state index in [0.29, 0.717) is 24.3 Å². The Morgan fingerprint density at radius 1 is 0.974 bits per heavy atom. The van der Waals surface area contributed by atoms with Gasteiger partial charge >= 0.3 is 12.1 Å². The van der Waals surface area contributed by atoms with Crippen molar-refractivity contribution < 1.29 is 28.5 Å². The fraction of sp³-hybridized carbons (Fsp3) is 0.267. The van der Waals surface area contributed by atoms with Crippen LogP contribution in [0.2, 0.25) is 0 Å². The fourth-order valence-electron chi connectivity index (χ4n) is 5.22. The molecular weight excluding hydrogens is 484 g/mol. The number of esters is 1. The second-order valence-corrected chi connectivity index (χ2v) is 9.41. The average Bonchev–Trinajstić information content (AvgIpc) is 3.58. The van der Waals surface area contributed by atoms with E-state index in [2.05, 4.69) is 4.98 Å². The van der Waals surface area contributed by atoms with E-state index in [0.717, 1.165) is 33.3 Å². The zero-order chi connectivity index (χ0) is 26.1. The van der Waals surface area contributed by atoms with Crippen molar-refractivity contribution in [2.45, 2.75) is 38.5 Å². The Labute approximate surface area is 220 Å². The van der Waals surface area contributed by atoms with E-state index in [1.807, 2.05) is 79.7 Å². The summed E-state index contributed by atoms with van der Waals surface area (Å²) in [4.78, 5) is 32.3. The minimum absolute atomic E-state index is 0.0836. The van der Waals surface area contributed by atoms with Gasteiger partial charge in [0.15, 0.2) is 11.5 Å². The van der Waals surface area contributed by atoms with E-state index in [1.165, 1.54) is 4.90 Å². The number of aromatic amines is 1. The van der Waals surface area contributed by atoms with Crippen molar-refractivity contribution >= 4 is 23.0 Å². The number of aromatic nitrogens is 1. The zero-order valence-corrected chi connectivity index (χ0v) is 21.0. The van der Waals surface area contributed by atoms with Gasteiger partial charge in [-0.05, 0) is 41.3 Å². The first-order chi connectivity index (χ1) is 18.6. The number of fused-ring (bicyclic) bond motifs is 4. The molecule has 2 aliphatic rings. The Morgan fingerprint density at radius 3 is 2.61 bits per heavy atom. The maximum absolute atomic E-state index is 13.8. The quantitative estimate of drug-likeness (QED) is 0.343. The van der Waals surface area contributed by atoms with Crippen molar-refractivity contribution in [3.63, 3.8) is 0 Å². The summed E-state index contributed by atoms with van der Waals surface area (Å²) in [6.45, 7) is 2.43. The first-order valence-corrected chi connectivity index (χ1v) is 12.8. The molecule has 0 saturated carbocycles. The second-order valence-electron chi connectivity index (χ2n) is 9.41. The SMILES string of the molecule is CCCOC(=O)C1Cc2c([nH]c3ccccc23)C(c2ccc3c(c2)OCO3)N1C(=O)OCc1ccccc1. The lowest BCUT2D eigenvalue weighted by atomic mass is 9.88. The lowest BCUT2D eigenvalue weighted by molar-refractivity contribution is -0.150. The highest BCUT2D eigenvalue weighted by Gasteiger charge is 2.45. The van der Waals surface area contributed by atoms with Gasteiger partial charge in [-0.2, -0.15) is 0 Å². The molecule has 2 atom stereocenters. The summed E-state index contributed by atoms with van der Waals surface area (Å²) in [5.41, 5.74) is 4.37. The highest BCUT2D eigenvalue weighted by atomic mass is 16.7. The number of nitrogens with zero attached hydrogens (tertiary/aromatic N) is 1. The van der Waals surface area contributed by atoms with Gasteiger partial charge in [0.05, 0.1) is 6.61 Å². The average molecular weight is 513 g/mol. The monoisotopic (exact) mass is 512 g/mol. The fourth-order valence-corrected chi connectivity index (χ4v) is 5.22. The smallest absolute Gasteiger partial charge is 0.411 e. The number of amides is 1. The number of nitrogens with one attached hydrogen (secondary N) is 1. The molecule has 3 aromatic carbocycles. The van der Waals surface area contributed by atoms with Crippen molar-refractivity contribution in [3.8, 4) is 11.5 Å². The molecule has 0 spiro atoms. The van der Waals surface area contributed by atoms with Crippen LogP contribution in [0.25, 0.3) is 10.9 Å². The summed E-state index contributed by atoms with van der Waals surface area (Å²) >= 11 is 0. The molecule has 0 saturated heterocycles. The largest absolute Gasteiger partial charge is 0.464 e. The Kier molecular flexibility index (Phi) is 6.37. The van der Waals surface area contributed by atoms with Crippen molar-refractivity contribution in [1.29, 1.82) is 0 Å². The third kappa shape index (κ3) is 4.32. The van der Waals surface area contributed by atoms with Crippen LogP contribution in [0.3, 0.4) is 0 Å². The van der Waals surface area contributed by atoms with Gasteiger partial charge in [0.1, 0.15) is 18.7 Å². The van der Waals surface area contributed by atoms with Crippen LogP contribution in [0.4, 0.5) is 4.79 Å². The number of hydrogen-bond acceptors (Lipinski definition) is 6. The molecule has 2 aliphatic heterocycles. The minimum Gasteiger partial charge on any atom is -0.464 e. The molecule has 0 bridgehead atoms. The highest BCUT2D eigenvalue weighted by molar-refractivity contribution is 5.89. The highest BCUT2D eigenvalue weighted by Crippen LogP contribution is 2.44. The van der Waals surface area contributed by atoms with Gasteiger partial charge in [0.2, 0.25) is 6.79 Å². The number of carbonyl (C=O) groups excluding carboxylic acids is 2. The molecule has 1 aromatic heterocycles. The second kappa shape index (κ2) is 10.1. The van der Waals surface area contributed by atoms with Crippen LogP contribution in [-0.4, -0.2) is 41.4 Å². The third-order valence-corrected chi connectivity index (χ3v) is 6.98. The van der Waals surface area contributed by atoms with Crippen LogP contribution in [0, 0.1) is 0 Å². The maximum Gasteiger partial charge on any atom is 0.411 e. The number of benzene rings is 3. The number of rotatable bonds is 6. The standard InChI is InChI=1S/C30H28N2O6/c1-2-14-35-29(33)24-16-22-21-10-6-7-11-23(21)31-27(22)28(20-12-13-25-26(15-20)38-18-37-25)32(24)30(34)36-17-19-8-4-3-5-9-19/h3-13,15,24,28,31H,2,14,16-18H2,1H3. The summed E-state index contributed by atoms with van der Waals surface area (Å²) in [5, 5.41) is 1.01. The van der Waals surface area contributed by atoms with Gasteiger partial charge in [-0.25, -0.2) is 9.59 Å². The van der Waals surface area contributed by atoms with Gasteiger partial charge in [-0.15, -0.1) is 0 Å². The summed E-state index contributed by atoms with van der Waals surface area (Å²) in [5.74, 6) is 0.775. The Bertz CT molecular complexity index is 1480. The molecule has 0 aliphatic carbocycles. The van der Waals surface area contributed by atoms with Gasteiger partial charge in [-0.3, -0.25) is 4.90 Å². The van der Waals surface area contributed by atoms with Crippen molar-refractivity contribution in [3.05, 3.63) is 95.2 Å². The van der Waals surface area contributed by atoms with Crippen molar-refractivity contribution in [2.75, 3.05) is 13.4 Å². The molecule has 8 heteroatoms. The van der Waals surface area contributed by atoms with Gasteiger partial charge < -0.3 is 23.9 Å². The molecule has 6 rings (SSSR count). The lowest BCUT2D eigenvalue weighted by Gasteiger charge is -2.40. The molecule has 194 valence electrons. The predicted octanol–water partition coefficient (Wildman–Crippen LogP) is 5.50. The first-order valence-electron chi connectivity index (χ1n) is 12.8. The zero-order valence-electron chi connectivity index (χ0n) is 21.0. The number of ether oxygens (including phenoxy) is 4. The van der Waals surface area contributed by atoms with E-state index >= 15 is 0 Å². The minimum atomic E-state index is -0.869. The normalized spacial score (nSPS) is 17.8. The van der Waals surface area contributed by atoms with Crippen LogP contribution in [0.5, 0.6) is 11.5 Å². The van der Waals surface area contributed by atoms with E-state index in [-0.39, 0.29) is 20.0 Å². The molecule has 0 radical (unpaired) electrons. The summed E-state index contributed by atoms with van der Waals surface area (Å²) in [6.07, 6.45) is 0.392. The van der Waals surface area contributed by atoms with E-state index in [4.69, 9.17) is 18.9 Å². The topological polar surface area (TPSA) is 90.1 Å². The van der Waals surface area contributed by atoms with Gasteiger partial charge in [0.25, 0.3) is 0 Å². The van der Waals surface area contributed by atoms with Gasteiger partial charge in [0, 0.05) is 23.0 Å². The van der Waals surface area contributed by atoms with Crippen LogP contribution < -0.4 is 9.47 Å². The molecule has 8 nitrogen and oxygen atoms in total. The van der Waals surface area contributed by atoms with Crippen LogP contribution in [-0.2, 0) is 27.3 Å². The van der Waals surface area contributed by atoms with Crippen molar-refractivity contribution in [2.24, 2.45) is 0 Å². The summed E-state index contributed by atoms with van der Waals surface area (Å²) in [6, 6.07) is 21.5. The molecule has 3 heterocycles. The Morgan fingerprint density at radius 2 is 1.76 bits per heavy atom. The predicted molar refractivity (Wildman–Crippen MR) is 140 cm³/mol. The molecule has 4 aromatic rings. The summed E-state index contributed by atoms with van der Waals surface area (Å²) < 4.78 is 22.5. The molecule has 2 unspecified atom stereocenters. The molecular formula is C30H28N2O6. The van der Waals surface area contributed by atoms with Crippen LogP contribution in [0.1, 0.15) is 41.8 Å². The first kappa shape index (κ1) is 23.9.